The Hall–Kier alpha value is -4.86. The summed E-state index contributed by atoms with van der Waals surface area (Å²) < 4.78 is 38.2. The Balaban J connectivity index is 1.53. The number of methoxy groups -OCH3 is 5. The van der Waals surface area contributed by atoms with Gasteiger partial charge in [-0.05, 0) is 42.5 Å². The highest BCUT2D eigenvalue weighted by atomic mass is 16.5. The lowest BCUT2D eigenvalue weighted by atomic mass is 10.1. The van der Waals surface area contributed by atoms with Crippen LogP contribution < -0.4 is 39.2 Å². The lowest BCUT2D eigenvalue weighted by Crippen LogP contribution is -2.20. The van der Waals surface area contributed by atoms with Crippen molar-refractivity contribution in [3.63, 3.8) is 0 Å². The Kier molecular flexibility index (Phi) is 7.91. The van der Waals surface area contributed by atoms with Gasteiger partial charge in [0.05, 0.1) is 46.6 Å². The lowest BCUT2D eigenvalue weighted by Gasteiger charge is -2.14. The number of hydrogen-bond acceptors (Lipinski definition) is 9. The van der Waals surface area contributed by atoms with E-state index in [4.69, 9.17) is 32.8 Å². The summed E-state index contributed by atoms with van der Waals surface area (Å²) in [5, 5.41) is 3.03. The van der Waals surface area contributed by atoms with Crippen LogP contribution in [0.1, 0.15) is 0 Å². The van der Waals surface area contributed by atoms with Gasteiger partial charge in [-0.25, -0.2) is 0 Å². The van der Waals surface area contributed by atoms with Crippen molar-refractivity contribution >= 4 is 22.6 Å². The van der Waals surface area contributed by atoms with Crippen molar-refractivity contribution in [1.29, 1.82) is 0 Å². The normalized spacial score (nSPS) is 10.6. The minimum atomic E-state index is -0.404. The van der Waals surface area contributed by atoms with E-state index in [0.29, 0.717) is 62.5 Å². The zero-order valence-electron chi connectivity index (χ0n) is 21.6. The Morgan fingerprint density at radius 3 is 2.08 bits per heavy atom. The Morgan fingerprint density at radius 2 is 1.45 bits per heavy atom. The number of nitrogens with one attached hydrogen (secondary N) is 1. The molecule has 0 atom stereocenters. The summed E-state index contributed by atoms with van der Waals surface area (Å²) in [6.07, 6.45) is 0. The summed E-state index contributed by atoms with van der Waals surface area (Å²) in [5.41, 5.74) is 1.11. The Morgan fingerprint density at radius 1 is 0.763 bits per heavy atom. The molecule has 10 heteroatoms. The molecule has 0 aliphatic heterocycles. The van der Waals surface area contributed by atoms with Crippen LogP contribution in [-0.4, -0.2) is 48.1 Å². The smallest absolute Gasteiger partial charge is 0.262 e. The molecule has 0 fully saturated rings. The van der Waals surface area contributed by atoms with Crippen LogP contribution in [0.2, 0.25) is 0 Å². The molecule has 1 heterocycles. The number of hydrogen-bond donors (Lipinski definition) is 1. The minimum Gasteiger partial charge on any atom is -0.497 e. The highest BCUT2D eigenvalue weighted by molar-refractivity contribution is 5.93. The zero-order valence-corrected chi connectivity index (χ0v) is 21.6. The van der Waals surface area contributed by atoms with Crippen LogP contribution in [0.25, 0.3) is 22.3 Å². The summed E-state index contributed by atoms with van der Waals surface area (Å²) in [6.45, 7) is -0.282. The van der Waals surface area contributed by atoms with E-state index in [9.17, 15) is 9.59 Å². The van der Waals surface area contributed by atoms with Crippen LogP contribution in [0.4, 0.5) is 5.69 Å². The average Bonchev–Trinajstić information content (AvgIpc) is 2.95. The maximum atomic E-state index is 13.0. The first-order chi connectivity index (χ1) is 18.4. The average molecular weight is 522 g/mol. The topological polar surface area (TPSA) is 115 Å². The molecule has 4 rings (SSSR count). The molecule has 0 unspecified atom stereocenters. The summed E-state index contributed by atoms with van der Waals surface area (Å²) in [4.78, 5) is 25.4. The summed E-state index contributed by atoms with van der Waals surface area (Å²) in [7, 11) is 7.56. The van der Waals surface area contributed by atoms with Crippen molar-refractivity contribution < 1.29 is 37.6 Å². The van der Waals surface area contributed by atoms with Gasteiger partial charge in [0.2, 0.25) is 5.75 Å². The molecule has 1 amide bonds. The van der Waals surface area contributed by atoms with Gasteiger partial charge in [0.15, 0.2) is 23.5 Å². The second kappa shape index (κ2) is 11.5. The van der Waals surface area contributed by atoms with Crippen molar-refractivity contribution in [1.82, 2.24) is 0 Å². The van der Waals surface area contributed by atoms with Gasteiger partial charge >= 0.3 is 0 Å². The van der Waals surface area contributed by atoms with Gasteiger partial charge in [-0.1, -0.05) is 0 Å². The SMILES string of the molecule is COc1ccc(NC(=O)COc2ccc3oc(-c4cc(OC)c(OC)c(OC)c4)cc(=O)c3c2)c(OC)c1. The molecule has 0 radical (unpaired) electrons. The minimum absolute atomic E-state index is 0.282. The van der Waals surface area contributed by atoms with Gasteiger partial charge < -0.3 is 38.2 Å². The number of benzene rings is 3. The second-order valence-electron chi connectivity index (χ2n) is 7.95. The molecule has 10 nitrogen and oxygen atoms in total. The monoisotopic (exact) mass is 521 g/mol. The number of rotatable bonds is 10. The van der Waals surface area contributed by atoms with Crippen LogP contribution in [0.5, 0.6) is 34.5 Å². The van der Waals surface area contributed by atoms with Gasteiger partial charge in [-0.3, -0.25) is 9.59 Å². The standard InChI is InChI=1S/C28H27NO9/c1-32-17-6-8-20(24(13-17)33-2)29-27(31)15-37-18-7-9-22-19(12-18)21(30)14-23(38-22)16-10-25(34-3)28(36-5)26(11-16)35-4/h6-14H,15H2,1-5H3,(H,29,31). The van der Waals surface area contributed by atoms with E-state index in [0.717, 1.165) is 0 Å². The number of ether oxygens (including phenoxy) is 6. The predicted octanol–water partition coefficient (Wildman–Crippen LogP) is 4.52. The maximum absolute atomic E-state index is 13.0. The van der Waals surface area contributed by atoms with Crippen molar-refractivity contribution in [2.45, 2.75) is 0 Å². The quantitative estimate of drug-likeness (QED) is 0.322. The van der Waals surface area contributed by atoms with E-state index in [1.807, 2.05) is 0 Å². The molecule has 0 aliphatic rings. The first-order valence-corrected chi connectivity index (χ1v) is 11.4. The number of carbonyl (C=O) groups excluding carboxylic acids is 1. The van der Waals surface area contributed by atoms with Gasteiger partial charge in [-0.15, -0.1) is 0 Å². The molecule has 0 aliphatic carbocycles. The van der Waals surface area contributed by atoms with Crippen molar-refractivity contribution in [2.24, 2.45) is 0 Å². The lowest BCUT2D eigenvalue weighted by molar-refractivity contribution is -0.118. The van der Waals surface area contributed by atoms with Gasteiger partial charge in [0.1, 0.15) is 28.6 Å². The van der Waals surface area contributed by atoms with Crippen molar-refractivity contribution in [2.75, 3.05) is 47.5 Å². The summed E-state index contributed by atoms with van der Waals surface area (Å²) >= 11 is 0. The maximum Gasteiger partial charge on any atom is 0.262 e. The third kappa shape index (κ3) is 5.44. The molecule has 198 valence electrons. The fourth-order valence-corrected chi connectivity index (χ4v) is 3.83. The molecule has 4 aromatic rings. The molecule has 0 spiro atoms. The van der Waals surface area contributed by atoms with Crippen molar-refractivity contribution in [3.8, 4) is 45.8 Å². The van der Waals surface area contributed by atoms with Crippen molar-refractivity contribution in [3.05, 3.63) is 64.8 Å². The highest BCUT2D eigenvalue weighted by Gasteiger charge is 2.17. The van der Waals surface area contributed by atoms with Gasteiger partial charge in [0, 0.05) is 17.7 Å². The number of fused-ring (bicyclic) bond motifs is 1. The van der Waals surface area contributed by atoms with E-state index in [-0.39, 0.29) is 12.0 Å². The Labute approximate surface area is 218 Å². The van der Waals surface area contributed by atoms with Crippen LogP contribution >= 0.6 is 0 Å². The molecule has 38 heavy (non-hydrogen) atoms. The van der Waals surface area contributed by atoms with E-state index in [1.165, 1.54) is 40.6 Å². The number of amides is 1. The van der Waals surface area contributed by atoms with Gasteiger partial charge in [-0.2, -0.15) is 0 Å². The molecule has 1 N–H and O–H groups in total. The van der Waals surface area contributed by atoms with Crippen LogP contribution in [0.3, 0.4) is 0 Å². The first-order valence-electron chi connectivity index (χ1n) is 11.4. The molecular formula is C28H27NO9. The molecule has 1 aromatic heterocycles. The molecule has 3 aromatic carbocycles. The highest BCUT2D eigenvalue weighted by Crippen LogP contribution is 2.41. The van der Waals surface area contributed by atoms with E-state index < -0.39 is 5.91 Å². The number of carbonyl (C=O) groups is 1. The third-order valence-corrected chi connectivity index (χ3v) is 5.70. The second-order valence-corrected chi connectivity index (χ2v) is 7.95. The predicted molar refractivity (Wildman–Crippen MR) is 141 cm³/mol. The first kappa shape index (κ1) is 26.2. The van der Waals surface area contributed by atoms with Gasteiger partial charge in [0.25, 0.3) is 5.91 Å². The van der Waals surface area contributed by atoms with Crippen LogP contribution in [0.15, 0.2) is 63.8 Å². The zero-order chi connectivity index (χ0) is 27.2. The fourth-order valence-electron chi connectivity index (χ4n) is 3.83. The van der Waals surface area contributed by atoms with Crippen LogP contribution in [-0.2, 0) is 4.79 Å². The fraction of sp³-hybridized carbons (Fsp3) is 0.214. The summed E-state index contributed by atoms with van der Waals surface area (Å²) in [6, 6.07) is 14.5. The number of anilines is 1. The molecular weight excluding hydrogens is 494 g/mol. The Bertz CT molecular complexity index is 1500. The molecule has 0 saturated carbocycles. The third-order valence-electron chi connectivity index (χ3n) is 5.70. The summed E-state index contributed by atoms with van der Waals surface area (Å²) in [5.74, 6) is 2.59. The molecule has 0 saturated heterocycles. The van der Waals surface area contributed by atoms with E-state index in [2.05, 4.69) is 5.32 Å². The van der Waals surface area contributed by atoms with Crippen LogP contribution in [0, 0.1) is 0 Å². The largest absolute Gasteiger partial charge is 0.497 e. The van der Waals surface area contributed by atoms with E-state index in [1.54, 1.807) is 49.6 Å². The molecule has 0 bridgehead atoms. The van der Waals surface area contributed by atoms with E-state index >= 15 is 0 Å².